The Morgan fingerprint density at radius 1 is 1.12 bits per heavy atom. The zero-order valence-electron chi connectivity index (χ0n) is 10.2. The van der Waals surface area contributed by atoms with Gasteiger partial charge < -0.3 is 5.11 Å². The molecule has 0 spiro atoms. The van der Waals surface area contributed by atoms with Crippen LogP contribution in [-0.2, 0) is 4.79 Å². The van der Waals surface area contributed by atoms with Crippen molar-refractivity contribution < 1.29 is 9.90 Å². The van der Waals surface area contributed by atoms with E-state index in [0.717, 1.165) is 25.7 Å². The predicted molar refractivity (Wildman–Crippen MR) is 63.5 cm³/mol. The fraction of sp³-hybridized carbons (Fsp3) is 0.923. The Balaban J connectivity index is 2.10. The number of nitrogens with zero attached hydrogens (tertiary/aromatic N) is 1. The zero-order chi connectivity index (χ0) is 11.6. The monoisotopic (exact) mass is 225 g/mol. The number of likely N-dealkylation sites (N-methyl/N-ethyl adjacent to an activating group) is 1. The number of carboxylic acids is 1. The first kappa shape index (κ1) is 11.9. The summed E-state index contributed by atoms with van der Waals surface area (Å²) in [5, 5.41) is 9.52. The minimum Gasteiger partial charge on any atom is -0.480 e. The van der Waals surface area contributed by atoms with Crippen molar-refractivity contribution in [2.24, 2.45) is 0 Å². The molecular weight excluding hydrogens is 202 g/mol. The number of aliphatic carboxylic acids is 1. The van der Waals surface area contributed by atoms with Crippen LogP contribution in [0.2, 0.25) is 0 Å². The van der Waals surface area contributed by atoms with Crippen molar-refractivity contribution in [1.82, 2.24) is 4.90 Å². The molecule has 2 rings (SSSR count). The van der Waals surface area contributed by atoms with Crippen LogP contribution in [0.3, 0.4) is 0 Å². The molecular formula is C13H23NO2. The lowest BCUT2D eigenvalue weighted by Crippen LogP contribution is -2.55. The standard InChI is InChI=1S/C13H23NO2/c1-14(11-7-3-2-4-8-11)13(12(15)16)9-5-6-10-13/h11H,2-10H2,1H3,(H,15,16). The molecule has 0 bridgehead atoms. The van der Waals surface area contributed by atoms with E-state index in [4.69, 9.17) is 0 Å². The molecule has 0 amide bonds. The van der Waals surface area contributed by atoms with Crippen LogP contribution in [0, 0.1) is 0 Å². The number of rotatable bonds is 3. The topological polar surface area (TPSA) is 40.5 Å². The van der Waals surface area contributed by atoms with Crippen molar-refractivity contribution in [3.05, 3.63) is 0 Å². The summed E-state index contributed by atoms with van der Waals surface area (Å²) in [5.74, 6) is -0.599. The predicted octanol–water partition coefficient (Wildman–Crippen LogP) is 2.65. The molecule has 0 radical (unpaired) electrons. The van der Waals surface area contributed by atoms with Crippen LogP contribution in [0.25, 0.3) is 0 Å². The number of hydrogen-bond acceptors (Lipinski definition) is 2. The largest absolute Gasteiger partial charge is 0.480 e. The molecule has 3 heteroatoms. The first-order chi connectivity index (χ1) is 7.67. The Morgan fingerprint density at radius 3 is 2.19 bits per heavy atom. The zero-order valence-corrected chi connectivity index (χ0v) is 10.2. The third-order valence-corrected chi connectivity index (χ3v) is 4.63. The minimum atomic E-state index is -0.599. The molecule has 0 atom stereocenters. The first-order valence-electron chi connectivity index (χ1n) is 6.63. The van der Waals surface area contributed by atoms with E-state index >= 15 is 0 Å². The summed E-state index contributed by atoms with van der Waals surface area (Å²) in [4.78, 5) is 13.8. The average molecular weight is 225 g/mol. The van der Waals surface area contributed by atoms with E-state index in [1.807, 2.05) is 7.05 Å². The average Bonchev–Trinajstić information content (AvgIpc) is 2.79. The van der Waals surface area contributed by atoms with Crippen LogP contribution >= 0.6 is 0 Å². The van der Waals surface area contributed by atoms with Gasteiger partial charge in [-0.2, -0.15) is 0 Å². The molecule has 2 aliphatic carbocycles. The maximum atomic E-state index is 11.6. The van der Waals surface area contributed by atoms with Crippen molar-refractivity contribution in [3.8, 4) is 0 Å². The molecule has 0 aromatic heterocycles. The lowest BCUT2D eigenvalue weighted by Gasteiger charge is -2.42. The second kappa shape index (κ2) is 4.74. The van der Waals surface area contributed by atoms with Gasteiger partial charge in [0.15, 0.2) is 0 Å². The lowest BCUT2D eigenvalue weighted by atomic mass is 9.88. The van der Waals surface area contributed by atoms with Gasteiger partial charge in [-0.1, -0.05) is 32.1 Å². The molecule has 2 aliphatic rings. The van der Waals surface area contributed by atoms with Gasteiger partial charge in [-0.05, 0) is 32.7 Å². The van der Waals surface area contributed by atoms with E-state index in [1.54, 1.807) is 0 Å². The van der Waals surface area contributed by atoms with Crippen molar-refractivity contribution in [3.63, 3.8) is 0 Å². The van der Waals surface area contributed by atoms with E-state index in [1.165, 1.54) is 32.1 Å². The molecule has 0 aromatic rings. The van der Waals surface area contributed by atoms with Gasteiger partial charge in [0.2, 0.25) is 0 Å². The summed E-state index contributed by atoms with van der Waals surface area (Å²) < 4.78 is 0. The smallest absolute Gasteiger partial charge is 0.324 e. The second-order valence-electron chi connectivity index (χ2n) is 5.45. The van der Waals surface area contributed by atoms with Crippen LogP contribution in [0.4, 0.5) is 0 Å². The highest BCUT2D eigenvalue weighted by molar-refractivity contribution is 5.79. The van der Waals surface area contributed by atoms with E-state index in [0.29, 0.717) is 6.04 Å². The quantitative estimate of drug-likeness (QED) is 0.802. The summed E-state index contributed by atoms with van der Waals surface area (Å²) in [6, 6.07) is 0.503. The van der Waals surface area contributed by atoms with Gasteiger partial charge >= 0.3 is 5.97 Å². The Hall–Kier alpha value is -0.570. The van der Waals surface area contributed by atoms with Gasteiger partial charge in [0.1, 0.15) is 5.54 Å². The van der Waals surface area contributed by atoms with E-state index in [9.17, 15) is 9.90 Å². The summed E-state index contributed by atoms with van der Waals surface area (Å²) in [6.07, 6.45) is 10.1. The molecule has 16 heavy (non-hydrogen) atoms. The van der Waals surface area contributed by atoms with Gasteiger partial charge in [0, 0.05) is 6.04 Å². The number of carbonyl (C=O) groups is 1. The van der Waals surface area contributed by atoms with Crippen molar-refractivity contribution in [2.75, 3.05) is 7.05 Å². The number of carboxylic acid groups (broad SMARTS) is 1. The first-order valence-corrected chi connectivity index (χ1v) is 6.63. The van der Waals surface area contributed by atoms with Crippen molar-refractivity contribution >= 4 is 5.97 Å². The van der Waals surface area contributed by atoms with Gasteiger partial charge in [-0.3, -0.25) is 9.69 Å². The van der Waals surface area contributed by atoms with E-state index < -0.39 is 11.5 Å². The fourth-order valence-electron chi connectivity index (χ4n) is 3.50. The third-order valence-electron chi connectivity index (χ3n) is 4.63. The molecule has 2 saturated carbocycles. The molecule has 0 aliphatic heterocycles. The second-order valence-corrected chi connectivity index (χ2v) is 5.45. The molecule has 2 fully saturated rings. The Morgan fingerprint density at radius 2 is 1.69 bits per heavy atom. The lowest BCUT2D eigenvalue weighted by molar-refractivity contribution is -0.152. The highest BCUT2D eigenvalue weighted by Crippen LogP contribution is 2.38. The summed E-state index contributed by atoms with van der Waals surface area (Å²) in [5.41, 5.74) is -0.540. The molecule has 92 valence electrons. The Kier molecular flexibility index (Phi) is 3.53. The molecule has 0 heterocycles. The highest BCUT2D eigenvalue weighted by Gasteiger charge is 2.46. The Labute approximate surface area is 97.8 Å². The summed E-state index contributed by atoms with van der Waals surface area (Å²) >= 11 is 0. The third kappa shape index (κ3) is 1.97. The van der Waals surface area contributed by atoms with Crippen LogP contribution in [0.15, 0.2) is 0 Å². The molecule has 1 N–H and O–H groups in total. The van der Waals surface area contributed by atoms with Crippen molar-refractivity contribution in [1.29, 1.82) is 0 Å². The van der Waals surface area contributed by atoms with E-state index in [2.05, 4.69) is 4.90 Å². The van der Waals surface area contributed by atoms with Crippen molar-refractivity contribution in [2.45, 2.75) is 69.4 Å². The normalized spacial score (nSPS) is 26.1. The van der Waals surface area contributed by atoms with Crippen LogP contribution in [-0.4, -0.2) is 34.6 Å². The molecule has 0 saturated heterocycles. The fourth-order valence-corrected chi connectivity index (χ4v) is 3.50. The maximum absolute atomic E-state index is 11.6. The van der Waals surface area contributed by atoms with Gasteiger partial charge in [-0.25, -0.2) is 0 Å². The van der Waals surface area contributed by atoms with Crippen LogP contribution < -0.4 is 0 Å². The maximum Gasteiger partial charge on any atom is 0.324 e. The molecule has 0 unspecified atom stereocenters. The molecule has 0 aromatic carbocycles. The Bertz CT molecular complexity index is 253. The SMILES string of the molecule is CN(C1CCCCC1)C1(C(=O)O)CCCC1. The summed E-state index contributed by atoms with van der Waals surface area (Å²) in [6.45, 7) is 0. The van der Waals surface area contributed by atoms with Gasteiger partial charge in [0.25, 0.3) is 0 Å². The van der Waals surface area contributed by atoms with Crippen LogP contribution in [0.5, 0.6) is 0 Å². The number of hydrogen-bond donors (Lipinski definition) is 1. The highest BCUT2D eigenvalue weighted by atomic mass is 16.4. The van der Waals surface area contributed by atoms with Gasteiger partial charge in [-0.15, -0.1) is 0 Å². The minimum absolute atomic E-state index is 0.503. The molecule has 3 nitrogen and oxygen atoms in total. The van der Waals surface area contributed by atoms with Gasteiger partial charge in [0.05, 0.1) is 0 Å². The summed E-state index contributed by atoms with van der Waals surface area (Å²) in [7, 11) is 2.04. The van der Waals surface area contributed by atoms with E-state index in [-0.39, 0.29) is 0 Å². The van der Waals surface area contributed by atoms with Crippen LogP contribution in [0.1, 0.15) is 57.8 Å².